The number of aliphatic hydroxyl groups excluding tert-OH is 1. The topological polar surface area (TPSA) is 158 Å². The molecular weight excluding hydrogens is 444 g/mol. The number of nitriles is 1. The van der Waals surface area contributed by atoms with Crippen molar-refractivity contribution >= 4 is 28.5 Å². The van der Waals surface area contributed by atoms with Gasteiger partial charge in [-0.05, 0) is 56.0 Å². The second-order valence-electron chi connectivity index (χ2n) is 8.39. The van der Waals surface area contributed by atoms with Crippen LogP contribution in [0, 0.1) is 11.3 Å². The van der Waals surface area contributed by atoms with E-state index in [0.29, 0.717) is 39.9 Å². The molecule has 0 radical (unpaired) electrons. The van der Waals surface area contributed by atoms with Crippen LogP contribution in [0.25, 0.3) is 11.0 Å². The number of H-pyrrole nitrogens is 1. The van der Waals surface area contributed by atoms with Crippen LogP contribution in [0.15, 0.2) is 59.9 Å². The number of benzene rings is 1. The summed E-state index contributed by atoms with van der Waals surface area (Å²) in [5.74, 6) is 2.57. The Bertz CT molecular complexity index is 1400. The molecule has 10 nitrogen and oxygen atoms in total. The van der Waals surface area contributed by atoms with E-state index in [2.05, 4.69) is 36.5 Å². The average molecular weight is 469 g/mol. The second-order valence-corrected chi connectivity index (χ2v) is 8.39. The molecule has 0 atom stereocenters. The fourth-order valence-corrected chi connectivity index (χ4v) is 4.08. The standard InChI is InChI=1S/C25H24N8O2/c26-14-15-9-11-28-21(13-15)31-23(27)16-1-7-19(8-2-16)35-20-10-12-29-24-22(20)25(33-32-24)30-17-3-5-18(34)6-4-17/h1-2,7-13,17-18,34H,3-6H2,(H2,27,28,31)(H2,29,30,32,33). The van der Waals surface area contributed by atoms with E-state index in [4.69, 9.17) is 15.7 Å². The Balaban J connectivity index is 1.34. The first-order chi connectivity index (χ1) is 17.1. The molecular formula is C25H24N8O2. The molecule has 0 spiro atoms. The van der Waals surface area contributed by atoms with Gasteiger partial charge in [-0.2, -0.15) is 10.4 Å². The molecule has 3 aromatic heterocycles. The van der Waals surface area contributed by atoms with Crippen molar-refractivity contribution in [3.05, 3.63) is 66.0 Å². The number of pyridine rings is 2. The van der Waals surface area contributed by atoms with Crippen molar-refractivity contribution in [3.63, 3.8) is 0 Å². The lowest BCUT2D eigenvalue weighted by Gasteiger charge is -2.26. The molecule has 5 rings (SSSR count). The number of hydrogen-bond donors (Lipinski definition) is 4. The first-order valence-electron chi connectivity index (χ1n) is 11.4. The number of nitrogens with one attached hydrogen (secondary N) is 2. The minimum Gasteiger partial charge on any atom is -0.456 e. The van der Waals surface area contributed by atoms with Crippen LogP contribution in [0.5, 0.6) is 11.5 Å². The van der Waals surface area contributed by atoms with Crippen LogP contribution in [0.3, 0.4) is 0 Å². The number of anilines is 1. The number of aliphatic hydroxyl groups is 1. The van der Waals surface area contributed by atoms with Gasteiger partial charge in [-0.15, -0.1) is 0 Å². The molecule has 0 aliphatic heterocycles. The van der Waals surface area contributed by atoms with Gasteiger partial charge in [-0.25, -0.2) is 15.0 Å². The van der Waals surface area contributed by atoms with E-state index in [0.717, 1.165) is 31.1 Å². The molecule has 4 aromatic rings. The second kappa shape index (κ2) is 9.79. The van der Waals surface area contributed by atoms with Crippen LogP contribution >= 0.6 is 0 Å². The lowest BCUT2D eigenvalue weighted by molar-refractivity contribution is 0.126. The van der Waals surface area contributed by atoms with E-state index >= 15 is 0 Å². The molecule has 1 aliphatic rings. The summed E-state index contributed by atoms with van der Waals surface area (Å²) >= 11 is 0. The molecule has 1 fully saturated rings. The molecule has 0 amide bonds. The Hall–Kier alpha value is -4.49. The van der Waals surface area contributed by atoms with Gasteiger partial charge < -0.3 is 20.9 Å². The zero-order valence-corrected chi connectivity index (χ0v) is 18.8. The first-order valence-corrected chi connectivity index (χ1v) is 11.4. The SMILES string of the molecule is N#Cc1ccnc(N=C(N)c2ccc(Oc3ccnc4[nH]nc(NC5CCC(O)CC5)c34)cc2)c1. The quantitative estimate of drug-likeness (QED) is 0.246. The zero-order chi connectivity index (χ0) is 24.2. The Morgan fingerprint density at radius 3 is 2.66 bits per heavy atom. The summed E-state index contributed by atoms with van der Waals surface area (Å²) in [4.78, 5) is 12.8. The van der Waals surface area contributed by atoms with Crippen LogP contribution in [0.2, 0.25) is 0 Å². The van der Waals surface area contributed by atoms with Crippen molar-refractivity contribution < 1.29 is 9.84 Å². The summed E-state index contributed by atoms with van der Waals surface area (Å²) in [5, 5.41) is 30.4. The number of fused-ring (bicyclic) bond motifs is 1. The van der Waals surface area contributed by atoms with Crippen LogP contribution in [-0.2, 0) is 0 Å². The van der Waals surface area contributed by atoms with Crippen molar-refractivity contribution in [1.82, 2.24) is 20.2 Å². The summed E-state index contributed by atoms with van der Waals surface area (Å²) < 4.78 is 6.17. The van der Waals surface area contributed by atoms with Gasteiger partial charge in [0.2, 0.25) is 0 Å². The molecule has 5 N–H and O–H groups in total. The maximum absolute atomic E-state index is 9.77. The predicted molar refractivity (Wildman–Crippen MR) is 132 cm³/mol. The highest BCUT2D eigenvalue weighted by Gasteiger charge is 2.22. The number of nitrogens with zero attached hydrogens (tertiary/aromatic N) is 5. The number of aromatic nitrogens is 4. The molecule has 1 aliphatic carbocycles. The maximum atomic E-state index is 9.77. The van der Waals surface area contributed by atoms with E-state index in [1.165, 1.54) is 6.20 Å². The molecule has 10 heteroatoms. The highest BCUT2D eigenvalue weighted by Crippen LogP contribution is 2.34. The predicted octanol–water partition coefficient (Wildman–Crippen LogP) is 3.77. The molecule has 1 saturated carbocycles. The Morgan fingerprint density at radius 1 is 1.11 bits per heavy atom. The minimum absolute atomic E-state index is 0.217. The first kappa shape index (κ1) is 22.3. The van der Waals surface area contributed by atoms with Gasteiger partial charge in [0.15, 0.2) is 17.3 Å². The molecule has 176 valence electrons. The van der Waals surface area contributed by atoms with Crippen molar-refractivity contribution in [3.8, 4) is 17.6 Å². The van der Waals surface area contributed by atoms with Gasteiger partial charge in [0.1, 0.15) is 22.7 Å². The van der Waals surface area contributed by atoms with Gasteiger partial charge in [0.05, 0.1) is 17.7 Å². The van der Waals surface area contributed by atoms with Crippen LogP contribution in [0.4, 0.5) is 11.6 Å². The van der Waals surface area contributed by atoms with Gasteiger partial charge in [-0.3, -0.25) is 5.10 Å². The van der Waals surface area contributed by atoms with Crippen molar-refractivity contribution in [1.29, 1.82) is 5.26 Å². The monoisotopic (exact) mass is 468 g/mol. The van der Waals surface area contributed by atoms with Crippen molar-refractivity contribution in [2.75, 3.05) is 5.32 Å². The van der Waals surface area contributed by atoms with Gasteiger partial charge >= 0.3 is 0 Å². The molecule has 0 bridgehead atoms. The van der Waals surface area contributed by atoms with E-state index in [-0.39, 0.29) is 18.0 Å². The fraction of sp³-hybridized carbons (Fsp3) is 0.240. The van der Waals surface area contributed by atoms with Crippen LogP contribution < -0.4 is 15.8 Å². The third-order valence-corrected chi connectivity index (χ3v) is 5.95. The number of hydrogen-bond acceptors (Lipinski definition) is 8. The number of nitrogens with two attached hydrogens (primary N) is 1. The van der Waals surface area contributed by atoms with Crippen LogP contribution in [0.1, 0.15) is 36.8 Å². The Kier molecular flexibility index (Phi) is 6.24. The normalized spacial score (nSPS) is 18.2. The Morgan fingerprint density at radius 2 is 1.89 bits per heavy atom. The summed E-state index contributed by atoms with van der Waals surface area (Å²) in [6.45, 7) is 0. The number of amidine groups is 1. The van der Waals surface area contributed by atoms with Gasteiger partial charge in [0, 0.05) is 36.1 Å². The summed E-state index contributed by atoms with van der Waals surface area (Å²) in [6.07, 6.45) is 6.29. The summed E-state index contributed by atoms with van der Waals surface area (Å²) in [7, 11) is 0. The lowest BCUT2D eigenvalue weighted by Crippen LogP contribution is -2.28. The number of ether oxygens (including phenoxy) is 1. The number of aromatic amines is 1. The molecule has 0 saturated heterocycles. The minimum atomic E-state index is -0.217. The number of aliphatic imine (C=N–C) groups is 1. The van der Waals surface area contributed by atoms with Gasteiger partial charge in [-0.1, -0.05) is 0 Å². The van der Waals surface area contributed by atoms with E-state index in [1.807, 2.05) is 12.1 Å². The van der Waals surface area contributed by atoms with Crippen LogP contribution in [-0.4, -0.2) is 43.3 Å². The van der Waals surface area contributed by atoms with E-state index in [9.17, 15) is 5.11 Å². The maximum Gasteiger partial charge on any atom is 0.161 e. The lowest BCUT2D eigenvalue weighted by atomic mass is 9.93. The number of rotatable bonds is 6. The molecule has 35 heavy (non-hydrogen) atoms. The zero-order valence-electron chi connectivity index (χ0n) is 18.8. The molecule has 0 unspecified atom stereocenters. The third kappa shape index (κ3) is 5.05. The van der Waals surface area contributed by atoms with E-state index in [1.54, 1.807) is 36.5 Å². The molecule has 3 heterocycles. The van der Waals surface area contributed by atoms with Crippen molar-refractivity contribution in [2.45, 2.75) is 37.8 Å². The fourth-order valence-electron chi connectivity index (χ4n) is 4.08. The highest BCUT2D eigenvalue weighted by molar-refractivity contribution is 5.99. The average Bonchev–Trinajstić information content (AvgIpc) is 3.29. The largest absolute Gasteiger partial charge is 0.456 e. The molecule has 1 aromatic carbocycles. The Labute approximate surface area is 201 Å². The highest BCUT2D eigenvalue weighted by atomic mass is 16.5. The summed E-state index contributed by atoms with van der Waals surface area (Å²) in [5.41, 5.74) is 7.93. The van der Waals surface area contributed by atoms with Gasteiger partial charge in [0.25, 0.3) is 0 Å². The smallest absolute Gasteiger partial charge is 0.161 e. The third-order valence-electron chi connectivity index (χ3n) is 5.95. The summed E-state index contributed by atoms with van der Waals surface area (Å²) in [6, 6.07) is 14.5. The van der Waals surface area contributed by atoms with E-state index < -0.39 is 0 Å². The van der Waals surface area contributed by atoms with Crippen molar-refractivity contribution in [2.24, 2.45) is 10.7 Å².